The first kappa shape index (κ1) is 61.9. The van der Waals surface area contributed by atoms with Crippen molar-refractivity contribution in [3.8, 4) is 0 Å². The molecule has 376 valence electrons. The van der Waals surface area contributed by atoms with Gasteiger partial charge in [-0.1, -0.05) is 214 Å². The van der Waals surface area contributed by atoms with E-state index in [1.54, 1.807) is 0 Å². The van der Waals surface area contributed by atoms with Crippen LogP contribution in [0.3, 0.4) is 0 Å². The van der Waals surface area contributed by atoms with Crippen molar-refractivity contribution in [2.24, 2.45) is 0 Å². The number of rotatable bonds is 47. The van der Waals surface area contributed by atoms with Gasteiger partial charge in [0.2, 0.25) is 5.91 Å². The molecule has 0 unspecified atom stereocenters. The fourth-order valence-corrected chi connectivity index (χ4v) is 8.98. The van der Waals surface area contributed by atoms with Crippen molar-refractivity contribution in [2.75, 3.05) is 98.7 Å². The fraction of sp³-hybridized carbons (Fsp3) is 0.964. The lowest BCUT2D eigenvalue weighted by molar-refractivity contribution is -0.134. The van der Waals surface area contributed by atoms with Gasteiger partial charge in [0.15, 0.2) is 0 Å². The van der Waals surface area contributed by atoms with Gasteiger partial charge in [0.1, 0.15) is 6.29 Å². The maximum absolute atomic E-state index is 13.3. The van der Waals surface area contributed by atoms with Gasteiger partial charge in [-0.15, -0.1) is 0 Å². The molecule has 1 aliphatic rings. The van der Waals surface area contributed by atoms with Gasteiger partial charge in [-0.25, -0.2) is 0 Å². The van der Waals surface area contributed by atoms with Crippen LogP contribution in [0.1, 0.15) is 246 Å². The van der Waals surface area contributed by atoms with Crippen LogP contribution in [0, 0.1) is 0 Å². The summed E-state index contributed by atoms with van der Waals surface area (Å²) in [6.45, 7) is 21.9. The van der Waals surface area contributed by atoms with E-state index < -0.39 is 0 Å². The second kappa shape index (κ2) is 50.4. The van der Waals surface area contributed by atoms with Gasteiger partial charge in [-0.3, -0.25) is 14.6 Å². The Balaban J connectivity index is 0.00000147. The first-order valence-corrected chi connectivity index (χ1v) is 28.1. The van der Waals surface area contributed by atoms with Gasteiger partial charge in [0.25, 0.3) is 0 Å². The Kier molecular flexibility index (Phi) is 49.5. The van der Waals surface area contributed by atoms with Crippen molar-refractivity contribution < 1.29 is 14.7 Å². The van der Waals surface area contributed by atoms with Crippen LogP contribution >= 0.6 is 0 Å². The van der Waals surface area contributed by atoms with Crippen LogP contribution in [0.4, 0.5) is 0 Å². The standard InChI is InChI=1S/C36H74N4O.C19H39NO2/c1-5-8-11-14-17-20-23-26-38(27-24-21-18-15-12-9-6-2)31-32-39(28-25-22-19-16-13-10-7-3)35-36(41)40-33-29-37(4)30-34-40;1-2-3-4-5-6-7-8-9-10-11-12-13-15-20(17-19-22)16-14-18-21/h5-35H2,1-4H3;19,21H,2-18H2,1H3. The topological polar surface area (TPSA) is 70.6 Å². The van der Waals surface area contributed by atoms with Crippen LogP contribution in [0.5, 0.6) is 0 Å². The highest BCUT2D eigenvalue weighted by Gasteiger charge is 2.21. The lowest BCUT2D eigenvalue weighted by Crippen LogP contribution is -2.50. The Bertz CT molecular complexity index is 899. The van der Waals surface area contributed by atoms with Crippen molar-refractivity contribution in [1.82, 2.24) is 24.5 Å². The van der Waals surface area contributed by atoms with Crippen LogP contribution in [0.2, 0.25) is 0 Å². The molecule has 0 atom stereocenters. The molecule has 0 aromatic rings. The number of carbonyl (C=O) groups is 2. The quantitative estimate of drug-likeness (QED) is 0.0482. The van der Waals surface area contributed by atoms with E-state index in [9.17, 15) is 9.59 Å². The molecule has 1 N–H and O–H groups in total. The summed E-state index contributed by atoms with van der Waals surface area (Å²) in [5.74, 6) is 0.353. The first-order chi connectivity index (χ1) is 30.9. The summed E-state index contributed by atoms with van der Waals surface area (Å²) in [4.78, 5) is 35.7. The molecule has 8 nitrogen and oxygen atoms in total. The predicted octanol–water partition coefficient (Wildman–Crippen LogP) is 13.2. The lowest BCUT2D eigenvalue weighted by atomic mass is 10.1. The van der Waals surface area contributed by atoms with Crippen molar-refractivity contribution in [1.29, 1.82) is 0 Å². The molecule has 1 fully saturated rings. The Morgan fingerprint density at radius 2 is 0.714 bits per heavy atom. The van der Waals surface area contributed by atoms with Gasteiger partial charge >= 0.3 is 0 Å². The van der Waals surface area contributed by atoms with Crippen LogP contribution in [-0.2, 0) is 9.59 Å². The number of amides is 1. The number of nitrogens with zero attached hydrogens (tertiary/aromatic N) is 5. The summed E-state index contributed by atoms with van der Waals surface area (Å²) >= 11 is 0. The minimum Gasteiger partial charge on any atom is -0.396 e. The van der Waals surface area contributed by atoms with Crippen LogP contribution in [-0.4, -0.2) is 141 Å². The molecule has 8 heteroatoms. The molecule has 63 heavy (non-hydrogen) atoms. The van der Waals surface area contributed by atoms with E-state index in [0.717, 1.165) is 71.6 Å². The van der Waals surface area contributed by atoms with Gasteiger partial charge in [0, 0.05) is 52.4 Å². The number of hydrogen-bond acceptors (Lipinski definition) is 7. The van der Waals surface area contributed by atoms with Crippen molar-refractivity contribution in [2.45, 2.75) is 246 Å². The minimum absolute atomic E-state index is 0.216. The molecule has 0 aliphatic carbocycles. The molecule has 1 aliphatic heterocycles. The molecule has 0 bridgehead atoms. The zero-order valence-corrected chi connectivity index (χ0v) is 43.5. The zero-order chi connectivity index (χ0) is 46.1. The maximum Gasteiger partial charge on any atom is 0.236 e. The third-order valence-electron chi connectivity index (χ3n) is 13.5. The molecule has 0 radical (unpaired) electrons. The summed E-state index contributed by atoms with van der Waals surface area (Å²) in [6, 6.07) is 0. The highest BCUT2D eigenvalue weighted by atomic mass is 16.3. The SMILES string of the molecule is CCCCCCCCCCCCCCN(CC=O)CCCO.CCCCCCCCCN(CCCCCCCCC)CCN(CCCCCCCCC)CC(=O)N1CCN(C)CC1. The molecule has 1 rings (SSSR count). The molecule has 0 saturated carbocycles. The number of aliphatic hydroxyl groups excluding tert-OH is 1. The number of unbranched alkanes of at least 4 members (excludes halogenated alkanes) is 29. The van der Waals surface area contributed by atoms with Crippen LogP contribution in [0.15, 0.2) is 0 Å². The summed E-state index contributed by atoms with van der Waals surface area (Å²) < 4.78 is 0. The van der Waals surface area contributed by atoms with Gasteiger partial charge in [0.05, 0.1) is 13.1 Å². The monoisotopic (exact) mass is 892 g/mol. The third kappa shape index (κ3) is 43.3. The Morgan fingerprint density at radius 1 is 0.413 bits per heavy atom. The number of piperazine rings is 1. The van der Waals surface area contributed by atoms with Crippen molar-refractivity contribution in [3.63, 3.8) is 0 Å². The van der Waals surface area contributed by atoms with E-state index in [0.29, 0.717) is 19.0 Å². The van der Waals surface area contributed by atoms with Crippen molar-refractivity contribution >= 4 is 12.2 Å². The second-order valence-corrected chi connectivity index (χ2v) is 19.6. The Labute approximate surface area is 394 Å². The average molecular weight is 893 g/mol. The molecular weight excluding hydrogens is 779 g/mol. The Morgan fingerprint density at radius 3 is 1.06 bits per heavy atom. The third-order valence-corrected chi connectivity index (χ3v) is 13.5. The van der Waals surface area contributed by atoms with E-state index >= 15 is 0 Å². The number of likely N-dealkylation sites (N-methyl/N-ethyl adjacent to an activating group) is 1. The molecule has 0 spiro atoms. The largest absolute Gasteiger partial charge is 0.396 e. The molecule has 1 heterocycles. The summed E-state index contributed by atoms with van der Waals surface area (Å²) in [5, 5.41) is 8.84. The fourth-order valence-electron chi connectivity index (χ4n) is 8.98. The zero-order valence-electron chi connectivity index (χ0n) is 43.5. The van der Waals surface area contributed by atoms with Crippen molar-refractivity contribution in [3.05, 3.63) is 0 Å². The van der Waals surface area contributed by atoms with Crippen LogP contribution in [0.25, 0.3) is 0 Å². The number of aldehydes is 1. The summed E-state index contributed by atoms with van der Waals surface area (Å²) in [7, 11) is 2.17. The summed E-state index contributed by atoms with van der Waals surface area (Å²) in [6.07, 6.45) is 46.7. The van der Waals surface area contributed by atoms with Gasteiger partial charge in [-0.05, 0) is 65.3 Å². The van der Waals surface area contributed by atoms with Crippen LogP contribution < -0.4 is 0 Å². The number of carbonyl (C=O) groups excluding carboxylic acids is 2. The number of aliphatic hydroxyl groups is 1. The second-order valence-electron chi connectivity index (χ2n) is 19.6. The average Bonchev–Trinajstić information content (AvgIpc) is 3.29. The minimum atomic E-state index is 0.216. The highest BCUT2D eigenvalue weighted by Crippen LogP contribution is 2.14. The maximum atomic E-state index is 13.3. The molecule has 1 saturated heterocycles. The summed E-state index contributed by atoms with van der Waals surface area (Å²) in [5.41, 5.74) is 0. The molecule has 0 aromatic heterocycles. The highest BCUT2D eigenvalue weighted by molar-refractivity contribution is 5.78. The number of hydrogen-bond donors (Lipinski definition) is 1. The smallest absolute Gasteiger partial charge is 0.236 e. The molecule has 0 aromatic carbocycles. The first-order valence-electron chi connectivity index (χ1n) is 28.1. The predicted molar refractivity (Wildman–Crippen MR) is 276 cm³/mol. The molecule has 1 amide bonds. The normalized spacial score (nSPS) is 13.4. The van der Waals surface area contributed by atoms with Gasteiger partial charge < -0.3 is 24.6 Å². The Hall–Kier alpha value is -1.06. The van der Waals surface area contributed by atoms with E-state index in [4.69, 9.17) is 5.11 Å². The lowest BCUT2D eigenvalue weighted by Gasteiger charge is -2.34. The molecular formula is C55H113N5O3. The van der Waals surface area contributed by atoms with E-state index in [1.807, 2.05) is 0 Å². The van der Waals surface area contributed by atoms with E-state index in [2.05, 4.69) is 59.2 Å². The van der Waals surface area contributed by atoms with Gasteiger partial charge in [-0.2, -0.15) is 0 Å². The van der Waals surface area contributed by atoms with E-state index in [1.165, 1.54) is 225 Å². The van der Waals surface area contributed by atoms with E-state index in [-0.39, 0.29) is 6.61 Å².